The fourth-order valence-corrected chi connectivity index (χ4v) is 4.02. The van der Waals surface area contributed by atoms with Gasteiger partial charge in [0.2, 0.25) is 5.79 Å². The van der Waals surface area contributed by atoms with Gasteiger partial charge in [0.15, 0.2) is 11.3 Å². The van der Waals surface area contributed by atoms with Gasteiger partial charge in [0.25, 0.3) is 0 Å². The van der Waals surface area contributed by atoms with Crippen molar-refractivity contribution >= 4 is 27.6 Å². The maximum atomic E-state index is 11.8. The highest BCUT2D eigenvalue weighted by Gasteiger charge is 2.72. The van der Waals surface area contributed by atoms with Crippen molar-refractivity contribution in [3.05, 3.63) is 10.6 Å². The molecule has 1 aliphatic carbocycles. The van der Waals surface area contributed by atoms with Crippen molar-refractivity contribution in [1.82, 2.24) is 0 Å². The van der Waals surface area contributed by atoms with Crippen LogP contribution in [0.3, 0.4) is 0 Å². The molecule has 2 fully saturated rings. The van der Waals surface area contributed by atoms with Crippen LogP contribution in [-0.4, -0.2) is 55.1 Å². The van der Waals surface area contributed by atoms with Crippen LogP contribution in [0.25, 0.3) is 0 Å². The van der Waals surface area contributed by atoms with Crippen molar-refractivity contribution in [3.63, 3.8) is 0 Å². The molecule has 120 valence electrons. The lowest BCUT2D eigenvalue weighted by Gasteiger charge is -2.40. The Bertz CT molecular complexity index is 570. The summed E-state index contributed by atoms with van der Waals surface area (Å²) < 4.78 is 23.2. The molecule has 2 saturated heterocycles. The van der Waals surface area contributed by atoms with Gasteiger partial charge >= 0.3 is 5.97 Å². The van der Waals surface area contributed by atoms with Gasteiger partial charge in [-0.25, -0.2) is 4.79 Å². The molecule has 4 aliphatic rings. The van der Waals surface area contributed by atoms with Crippen molar-refractivity contribution < 1.29 is 28.6 Å². The molecule has 4 rings (SSSR count). The van der Waals surface area contributed by atoms with E-state index >= 15 is 0 Å². The second-order valence-electron chi connectivity index (χ2n) is 5.67. The van der Waals surface area contributed by atoms with Crippen LogP contribution in [0.5, 0.6) is 0 Å². The molecule has 0 saturated carbocycles. The summed E-state index contributed by atoms with van der Waals surface area (Å²) in [5.41, 5.74) is -0.518. The largest absolute Gasteiger partial charge is 0.461 e. The molecule has 0 N–H and O–H groups in total. The first kappa shape index (κ1) is 14.6. The first-order chi connectivity index (χ1) is 10.6. The monoisotopic (exact) mass is 373 g/mol. The molecule has 0 amide bonds. The van der Waals surface area contributed by atoms with E-state index in [1.165, 1.54) is 0 Å². The lowest BCUT2D eigenvalue weighted by molar-refractivity contribution is -0.249. The molecule has 0 bridgehead atoms. The Morgan fingerprint density at radius 2 is 2.23 bits per heavy atom. The summed E-state index contributed by atoms with van der Waals surface area (Å²) in [5.74, 6) is -1.34. The maximum Gasteiger partial charge on any atom is 0.356 e. The number of ether oxygens (including phenoxy) is 4. The topological polar surface area (TPSA) is 78.9 Å². The second kappa shape index (κ2) is 5.02. The van der Waals surface area contributed by atoms with Crippen LogP contribution in [0.2, 0.25) is 0 Å². The lowest BCUT2D eigenvalue weighted by atomic mass is 9.84. The number of esters is 1. The highest BCUT2D eigenvalue weighted by atomic mass is 79.9. The van der Waals surface area contributed by atoms with Gasteiger partial charge in [-0.3, -0.25) is 0 Å². The van der Waals surface area contributed by atoms with Crippen molar-refractivity contribution in [2.75, 3.05) is 19.8 Å². The van der Waals surface area contributed by atoms with E-state index in [9.17, 15) is 4.79 Å². The summed E-state index contributed by atoms with van der Waals surface area (Å²) in [6.45, 7) is 3.29. The Labute approximate surface area is 135 Å². The zero-order chi connectivity index (χ0) is 15.4. The summed E-state index contributed by atoms with van der Waals surface area (Å²) in [6, 6.07) is 0. The molecule has 22 heavy (non-hydrogen) atoms. The average Bonchev–Trinajstić information content (AvgIpc) is 3.24. The van der Waals surface area contributed by atoms with Crippen molar-refractivity contribution in [1.29, 1.82) is 0 Å². The normalized spacial score (nSPS) is 38.1. The first-order valence-electron chi connectivity index (χ1n) is 7.36. The Kier molecular flexibility index (Phi) is 3.34. The van der Waals surface area contributed by atoms with E-state index in [1.807, 2.05) is 6.08 Å². The lowest BCUT2D eigenvalue weighted by Crippen LogP contribution is -2.53. The predicted molar refractivity (Wildman–Crippen MR) is 77.4 cm³/mol. The van der Waals surface area contributed by atoms with E-state index in [-0.39, 0.29) is 17.9 Å². The van der Waals surface area contributed by atoms with Gasteiger partial charge in [0.05, 0.1) is 24.3 Å². The minimum absolute atomic E-state index is 0.248. The summed E-state index contributed by atoms with van der Waals surface area (Å²) in [7, 11) is 0. The number of carbonyl (C=O) groups excluding carboxylic acids is 1. The number of fused-ring (bicyclic) bond motifs is 3. The molecule has 0 unspecified atom stereocenters. The molecule has 0 aromatic carbocycles. The minimum atomic E-state index is -0.885. The molecule has 3 atom stereocenters. The summed E-state index contributed by atoms with van der Waals surface area (Å²) in [4.78, 5) is 17.4. The standard InChI is InChI=1S/C14H16BrNO6/c1-2-18-12(17)8-6-13(22-16-8)7-9(15)14(11-10(13)21-11)19-4-3-5-20-14/h7,10-11H,2-6H2,1H3/t10-,11+,13+/m1/s1. The number of carbonyl (C=O) groups is 1. The van der Waals surface area contributed by atoms with E-state index in [0.29, 0.717) is 26.2 Å². The molecule has 8 heteroatoms. The van der Waals surface area contributed by atoms with Crippen LogP contribution in [0, 0.1) is 0 Å². The number of hydrogen-bond donors (Lipinski definition) is 0. The van der Waals surface area contributed by atoms with Crippen LogP contribution in [0.4, 0.5) is 0 Å². The molecule has 0 radical (unpaired) electrons. The number of hydrogen-bond acceptors (Lipinski definition) is 7. The molecule has 2 spiro atoms. The quantitative estimate of drug-likeness (QED) is 0.535. The van der Waals surface area contributed by atoms with E-state index in [2.05, 4.69) is 21.1 Å². The van der Waals surface area contributed by atoms with Gasteiger partial charge in [-0.05, 0) is 35.4 Å². The summed E-state index contributed by atoms with van der Waals surface area (Å²) >= 11 is 3.53. The first-order valence-corrected chi connectivity index (χ1v) is 8.15. The van der Waals surface area contributed by atoms with E-state index in [0.717, 1.165) is 10.9 Å². The van der Waals surface area contributed by atoms with E-state index in [1.54, 1.807) is 6.92 Å². The highest BCUT2D eigenvalue weighted by molar-refractivity contribution is 9.11. The van der Waals surface area contributed by atoms with Crippen molar-refractivity contribution in [3.8, 4) is 0 Å². The number of oxime groups is 1. The van der Waals surface area contributed by atoms with E-state index in [4.69, 9.17) is 23.8 Å². The maximum absolute atomic E-state index is 11.8. The second-order valence-corrected chi connectivity index (χ2v) is 6.52. The smallest absolute Gasteiger partial charge is 0.356 e. The molecule has 7 nitrogen and oxygen atoms in total. The van der Waals surface area contributed by atoms with E-state index < -0.39 is 17.4 Å². The molecule has 0 aromatic rings. The number of halogens is 1. The SMILES string of the molecule is CCOC(=O)C1=NO[C@]2(C=C(Br)C3(OCCCO3)[C@H]3O[C@H]32)C1. The molecule has 0 aromatic heterocycles. The zero-order valence-corrected chi connectivity index (χ0v) is 13.6. The molecule has 3 heterocycles. The van der Waals surface area contributed by atoms with Gasteiger partial charge < -0.3 is 23.8 Å². The Hall–Kier alpha value is -0.960. The highest BCUT2D eigenvalue weighted by Crippen LogP contribution is 2.56. The van der Waals surface area contributed by atoms with Gasteiger partial charge in [0.1, 0.15) is 12.2 Å². The van der Waals surface area contributed by atoms with Crippen LogP contribution in [0.15, 0.2) is 15.7 Å². The van der Waals surface area contributed by atoms with Crippen LogP contribution < -0.4 is 0 Å². The third-order valence-electron chi connectivity index (χ3n) is 4.25. The summed E-state index contributed by atoms with van der Waals surface area (Å²) in [5, 5.41) is 3.89. The predicted octanol–water partition coefficient (Wildman–Crippen LogP) is 1.26. The molecular formula is C14H16BrNO6. The minimum Gasteiger partial charge on any atom is -0.461 e. The van der Waals surface area contributed by atoms with Crippen molar-refractivity contribution in [2.24, 2.45) is 5.16 Å². The third kappa shape index (κ3) is 1.97. The zero-order valence-electron chi connectivity index (χ0n) is 12.0. The Morgan fingerprint density at radius 3 is 2.95 bits per heavy atom. The molecule has 3 aliphatic heterocycles. The number of epoxide rings is 1. The van der Waals surface area contributed by atoms with Gasteiger partial charge in [0, 0.05) is 6.42 Å². The van der Waals surface area contributed by atoms with Crippen LogP contribution >= 0.6 is 15.9 Å². The van der Waals surface area contributed by atoms with Crippen LogP contribution in [0.1, 0.15) is 19.8 Å². The average molecular weight is 374 g/mol. The molecular weight excluding hydrogens is 358 g/mol. The van der Waals surface area contributed by atoms with Crippen molar-refractivity contribution in [2.45, 2.75) is 43.4 Å². The Morgan fingerprint density at radius 1 is 1.45 bits per heavy atom. The number of nitrogens with zero attached hydrogens (tertiary/aromatic N) is 1. The van der Waals surface area contributed by atoms with Crippen LogP contribution in [-0.2, 0) is 28.6 Å². The third-order valence-corrected chi connectivity index (χ3v) is 5.04. The van der Waals surface area contributed by atoms with Gasteiger partial charge in [-0.2, -0.15) is 0 Å². The fraction of sp³-hybridized carbons (Fsp3) is 0.714. The van der Waals surface area contributed by atoms with Gasteiger partial charge in [-0.15, -0.1) is 0 Å². The fourth-order valence-electron chi connectivity index (χ4n) is 3.18. The summed E-state index contributed by atoms with van der Waals surface area (Å²) in [6.07, 6.45) is 2.52. The Balaban J connectivity index is 1.58. The number of rotatable bonds is 2. The van der Waals surface area contributed by atoms with Gasteiger partial charge in [-0.1, -0.05) is 5.16 Å².